The standard InChI is InChI=1S/C32H50O4/c1-20-11-16-32(35-19-33)18-17-30(7)23(27(32)21(20)2)9-10-25-29(6)14-13-26(36-22(3)34)28(4,5)24(29)12-15-31(25,30)8/h9,19-21,24-27H,10-18H2,1-8H3/t20-,21+,24+,25-,26+,27?,29+,30-,31-,32+/m1/s1. The first kappa shape index (κ1) is 26.3. The van der Waals surface area contributed by atoms with Gasteiger partial charge >= 0.3 is 5.97 Å². The monoisotopic (exact) mass is 498 g/mol. The number of carbonyl (C=O) groups excluding carboxylic acids is 2. The van der Waals surface area contributed by atoms with Crippen molar-refractivity contribution in [3.8, 4) is 0 Å². The van der Waals surface area contributed by atoms with Crippen LogP contribution in [0.1, 0.15) is 113 Å². The molecule has 202 valence electrons. The van der Waals surface area contributed by atoms with E-state index in [1.807, 2.05) is 0 Å². The highest BCUT2D eigenvalue weighted by Crippen LogP contribution is 2.75. The molecule has 0 aromatic heterocycles. The van der Waals surface area contributed by atoms with Crippen LogP contribution in [0.4, 0.5) is 0 Å². The maximum Gasteiger partial charge on any atom is 0.302 e. The van der Waals surface area contributed by atoms with Gasteiger partial charge in [-0.05, 0) is 97.7 Å². The lowest BCUT2D eigenvalue weighted by Crippen LogP contribution is -2.66. The highest BCUT2D eigenvalue weighted by atomic mass is 16.5. The minimum atomic E-state index is -0.312. The van der Waals surface area contributed by atoms with Crippen LogP contribution in [-0.2, 0) is 19.1 Å². The molecule has 0 aliphatic heterocycles. The summed E-state index contributed by atoms with van der Waals surface area (Å²) in [4.78, 5) is 23.6. The Balaban J connectivity index is 1.55. The van der Waals surface area contributed by atoms with Crippen LogP contribution in [0.2, 0.25) is 0 Å². The van der Waals surface area contributed by atoms with Crippen molar-refractivity contribution in [3.63, 3.8) is 0 Å². The van der Waals surface area contributed by atoms with Crippen LogP contribution in [-0.4, -0.2) is 24.1 Å². The largest absolute Gasteiger partial charge is 0.462 e. The van der Waals surface area contributed by atoms with Gasteiger partial charge in [0.2, 0.25) is 0 Å². The summed E-state index contributed by atoms with van der Waals surface area (Å²) in [6.45, 7) is 19.6. The number of rotatable bonds is 3. The van der Waals surface area contributed by atoms with Crippen LogP contribution >= 0.6 is 0 Å². The van der Waals surface area contributed by atoms with Gasteiger partial charge < -0.3 is 9.47 Å². The van der Waals surface area contributed by atoms with Crippen molar-refractivity contribution in [2.45, 2.75) is 125 Å². The van der Waals surface area contributed by atoms with Crippen LogP contribution in [0.15, 0.2) is 11.6 Å². The normalized spacial score (nSPS) is 51.4. The van der Waals surface area contributed by atoms with Gasteiger partial charge in [0.05, 0.1) is 0 Å². The van der Waals surface area contributed by atoms with Crippen LogP contribution in [0, 0.1) is 51.2 Å². The molecule has 10 atom stereocenters. The van der Waals surface area contributed by atoms with Gasteiger partial charge in [-0.15, -0.1) is 0 Å². The lowest BCUT2D eigenvalue weighted by Gasteiger charge is -2.71. The van der Waals surface area contributed by atoms with Crippen LogP contribution in [0.25, 0.3) is 0 Å². The van der Waals surface area contributed by atoms with E-state index >= 15 is 0 Å². The molecule has 0 bridgehead atoms. The lowest BCUT2D eigenvalue weighted by molar-refractivity contribution is -0.218. The van der Waals surface area contributed by atoms with Gasteiger partial charge in [-0.1, -0.05) is 60.1 Å². The first-order chi connectivity index (χ1) is 16.8. The Hall–Kier alpha value is -1.32. The molecular formula is C32H50O4. The fourth-order valence-electron chi connectivity index (χ4n) is 11.1. The second-order valence-electron chi connectivity index (χ2n) is 14.9. The Bertz CT molecular complexity index is 952. The Morgan fingerprint density at radius 1 is 0.944 bits per heavy atom. The molecule has 5 aliphatic rings. The van der Waals surface area contributed by atoms with Gasteiger partial charge in [0.25, 0.3) is 6.47 Å². The molecule has 4 nitrogen and oxygen atoms in total. The first-order valence-electron chi connectivity index (χ1n) is 14.8. The average Bonchev–Trinajstić information content (AvgIpc) is 2.79. The molecule has 0 heterocycles. The maximum absolute atomic E-state index is 11.9. The van der Waals surface area contributed by atoms with Crippen molar-refractivity contribution >= 4 is 12.4 Å². The first-order valence-corrected chi connectivity index (χ1v) is 14.8. The molecule has 0 radical (unpaired) electrons. The molecule has 4 fully saturated rings. The lowest BCUT2D eigenvalue weighted by atomic mass is 9.34. The molecule has 0 saturated heterocycles. The average molecular weight is 499 g/mol. The summed E-state index contributed by atoms with van der Waals surface area (Å²) in [7, 11) is 0. The van der Waals surface area contributed by atoms with E-state index in [9.17, 15) is 9.59 Å². The molecule has 1 unspecified atom stereocenters. The molecule has 36 heavy (non-hydrogen) atoms. The maximum atomic E-state index is 11.9. The summed E-state index contributed by atoms with van der Waals surface area (Å²) in [6.07, 6.45) is 12.5. The Morgan fingerprint density at radius 2 is 1.67 bits per heavy atom. The Morgan fingerprint density at radius 3 is 2.33 bits per heavy atom. The molecule has 0 N–H and O–H groups in total. The van der Waals surface area contributed by atoms with Gasteiger partial charge in [-0.2, -0.15) is 0 Å². The number of allylic oxidation sites excluding steroid dienone is 1. The molecular weight excluding hydrogens is 448 g/mol. The summed E-state index contributed by atoms with van der Waals surface area (Å²) in [5.41, 5.74) is 1.87. The highest BCUT2D eigenvalue weighted by molar-refractivity contribution is 5.66. The Kier molecular flexibility index (Phi) is 6.09. The van der Waals surface area contributed by atoms with Crippen molar-refractivity contribution in [2.75, 3.05) is 0 Å². The molecule has 5 aliphatic carbocycles. The zero-order chi connectivity index (χ0) is 26.3. The number of ether oxygens (including phenoxy) is 2. The van der Waals surface area contributed by atoms with Crippen LogP contribution in [0.3, 0.4) is 0 Å². The van der Waals surface area contributed by atoms with Crippen molar-refractivity contribution in [1.29, 1.82) is 0 Å². The fraction of sp³-hybridized carbons (Fsp3) is 0.875. The van der Waals surface area contributed by atoms with Crippen molar-refractivity contribution < 1.29 is 19.1 Å². The summed E-state index contributed by atoms with van der Waals surface area (Å²) >= 11 is 0. The number of carbonyl (C=O) groups is 2. The predicted octanol–water partition coefficient (Wildman–Crippen LogP) is 7.50. The summed E-state index contributed by atoms with van der Waals surface area (Å²) in [5.74, 6) is 2.53. The van der Waals surface area contributed by atoms with Crippen LogP contribution < -0.4 is 0 Å². The van der Waals surface area contributed by atoms with Gasteiger partial charge in [0, 0.05) is 18.3 Å². The van der Waals surface area contributed by atoms with E-state index in [1.165, 1.54) is 12.8 Å². The van der Waals surface area contributed by atoms with Gasteiger partial charge in [-0.25, -0.2) is 0 Å². The molecule has 0 aromatic carbocycles. The minimum Gasteiger partial charge on any atom is -0.462 e. The van der Waals surface area contributed by atoms with E-state index in [2.05, 4.69) is 54.5 Å². The number of fused-ring (bicyclic) bond motifs is 7. The molecule has 0 amide bonds. The predicted molar refractivity (Wildman–Crippen MR) is 142 cm³/mol. The van der Waals surface area contributed by atoms with Crippen molar-refractivity contribution in [2.24, 2.45) is 51.2 Å². The molecule has 5 rings (SSSR count). The van der Waals surface area contributed by atoms with Crippen molar-refractivity contribution in [1.82, 2.24) is 0 Å². The number of hydrogen-bond donors (Lipinski definition) is 0. The smallest absolute Gasteiger partial charge is 0.302 e. The molecule has 4 saturated carbocycles. The quantitative estimate of drug-likeness (QED) is 0.230. The molecule has 0 aromatic rings. The highest BCUT2D eigenvalue weighted by Gasteiger charge is 2.69. The topological polar surface area (TPSA) is 52.6 Å². The summed E-state index contributed by atoms with van der Waals surface area (Å²) in [6, 6.07) is 0. The second kappa shape index (κ2) is 8.34. The molecule has 4 heteroatoms. The van der Waals surface area contributed by atoms with Crippen molar-refractivity contribution in [3.05, 3.63) is 11.6 Å². The zero-order valence-corrected chi connectivity index (χ0v) is 24.1. The SMILES string of the molecule is CC(=O)O[C@H]1CC[C@]2(C)[C@H]3CC=C4C5[C@@H](C)[C@H](C)CC[C@]5(OC=O)CC[C@@]4(C)[C@]3(C)CC[C@H]2C1(C)C. The minimum absolute atomic E-state index is 0.0161. The van der Waals surface area contributed by atoms with Gasteiger partial charge in [-0.3, -0.25) is 9.59 Å². The van der Waals surface area contributed by atoms with E-state index in [0.29, 0.717) is 29.6 Å². The third kappa shape index (κ3) is 3.30. The summed E-state index contributed by atoms with van der Waals surface area (Å²) < 4.78 is 12.0. The second-order valence-corrected chi connectivity index (χ2v) is 14.9. The van der Waals surface area contributed by atoms with Gasteiger partial charge in [0.15, 0.2) is 0 Å². The fourth-order valence-corrected chi connectivity index (χ4v) is 11.1. The molecule has 0 spiro atoms. The third-order valence-electron chi connectivity index (χ3n) is 13.4. The van der Waals surface area contributed by atoms with Gasteiger partial charge in [0.1, 0.15) is 11.7 Å². The summed E-state index contributed by atoms with van der Waals surface area (Å²) in [5, 5.41) is 0. The van der Waals surface area contributed by atoms with Crippen LogP contribution in [0.5, 0.6) is 0 Å². The number of hydrogen-bond acceptors (Lipinski definition) is 4. The Labute approximate surface area is 219 Å². The zero-order valence-electron chi connectivity index (χ0n) is 24.1. The van der Waals surface area contributed by atoms with E-state index in [4.69, 9.17) is 9.47 Å². The van der Waals surface area contributed by atoms with E-state index in [1.54, 1.807) is 12.5 Å². The third-order valence-corrected chi connectivity index (χ3v) is 13.4. The van der Waals surface area contributed by atoms with E-state index in [-0.39, 0.29) is 39.3 Å². The van der Waals surface area contributed by atoms with E-state index < -0.39 is 0 Å². The number of esters is 1. The van der Waals surface area contributed by atoms with E-state index in [0.717, 1.165) is 51.4 Å².